The van der Waals surface area contributed by atoms with Gasteiger partial charge in [-0.1, -0.05) is 12.2 Å². The third-order valence-electron chi connectivity index (χ3n) is 2.71. The number of hydrogen-bond donors (Lipinski definition) is 1. The van der Waals surface area contributed by atoms with E-state index >= 15 is 0 Å². The zero-order chi connectivity index (χ0) is 9.97. The van der Waals surface area contributed by atoms with Gasteiger partial charge in [-0.2, -0.15) is 0 Å². The largest absolute Gasteiger partial charge is 0.375 e. The summed E-state index contributed by atoms with van der Waals surface area (Å²) >= 11 is 0. The van der Waals surface area contributed by atoms with Crippen LogP contribution in [0.15, 0.2) is 12.2 Å². The lowest BCUT2D eigenvalue weighted by molar-refractivity contribution is -0.138. The van der Waals surface area contributed by atoms with Gasteiger partial charge in [-0.05, 0) is 6.92 Å². The van der Waals surface area contributed by atoms with E-state index < -0.39 is 0 Å². The minimum atomic E-state index is -0.163. The van der Waals surface area contributed by atoms with Gasteiger partial charge < -0.3 is 15.0 Å². The normalized spacial score (nSPS) is 32.2. The molecule has 2 atom stereocenters. The molecule has 2 aliphatic heterocycles. The Morgan fingerprint density at radius 2 is 2.21 bits per heavy atom. The monoisotopic (exact) mass is 196 g/mol. The van der Waals surface area contributed by atoms with Crippen LogP contribution in [0, 0.1) is 0 Å². The average Bonchev–Trinajstić information content (AvgIpc) is 2.70. The zero-order valence-corrected chi connectivity index (χ0v) is 8.40. The summed E-state index contributed by atoms with van der Waals surface area (Å²) in [4.78, 5) is 13.8. The van der Waals surface area contributed by atoms with Gasteiger partial charge in [0.25, 0.3) is 0 Å². The van der Waals surface area contributed by atoms with Crippen molar-refractivity contribution in [3.63, 3.8) is 0 Å². The fraction of sp³-hybridized carbons (Fsp3) is 0.700. The van der Waals surface area contributed by atoms with E-state index in [0.717, 1.165) is 19.6 Å². The van der Waals surface area contributed by atoms with Crippen molar-refractivity contribution in [2.24, 2.45) is 0 Å². The molecule has 0 aromatic rings. The van der Waals surface area contributed by atoms with Crippen LogP contribution in [-0.4, -0.2) is 49.2 Å². The SMILES string of the molecule is CC1OCCNC1C(=O)N1CC=CC1. The van der Waals surface area contributed by atoms with E-state index in [0.29, 0.717) is 6.61 Å². The average molecular weight is 196 g/mol. The summed E-state index contributed by atoms with van der Waals surface area (Å²) in [5.74, 6) is 0.155. The third-order valence-corrected chi connectivity index (χ3v) is 2.71. The molecule has 1 saturated heterocycles. The van der Waals surface area contributed by atoms with Gasteiger partial charge in [-0.15, -0.1) is 0 Å². The lowest BCUT2D eigenvalue weighted by Crippen LogP contribution is -2.56. The van der Waals surface area contributed by atoms with Crippen molar-refractivity contribution < 1.29 is 9.53 Å². The van der Waals surface area contributed by atoms with Crippen LogP contribution >= 0.6 is 0 Å². The highest BCUT2D eigenvalue weighted by Gasteiger charge is 2.31. The van der Waals surface area contributed by atoms with E-state index in [-0.39, 0.29) is 18.1 Å². The summed E-state index contributed by atoms with van der Waals surface area (Å²) in [6.07, 6.45) is 4.02. The van der Waals surface area contributed by atoms with Crippen LogP contribution in [0.2, 0.25) is 0 Å². The molecular weight excluding hydrogens is 180 g/mol. The Morgan fingerprint density at radius 1 is 1.50 bits per heavy atom. The molecule has 0 bridgehead atoms. The van der Waals surface area contributed by atoms with Crippen LogP contribution in [0.4, 0.5) is 0 Å². The Labute approximate surface area is 83.9 Å². The zero-order valence-electron chi connectivity index (χ0n) is 8.40. The number of rotatable bonds is 1. The molecule has 0 saturated carbocycles. The van der Waals surface area contributed by atoms with E-state index in [1.807, 2.05) is 24.0 Å². The number of carbonyl (C=O) groups is 1. The minimum Gasteiger partial charge on any atom is -0.375 e. The molecule has 2 unspecified atom stereocenters. The van der Waals surface area contributed by atoms with Crippen molar-refractivity contribution in [1.29, 1.82) is 0 Å². The van der Waals surface area contributed by atoms with Crippen LogP contribution in [0.5, 0.6) is 0 Å². The van der Waals surface area contributed by atoms with Gasteiger partial charge in [0.15, 0.2) is 0 Å². The molecule has 0 spiro atoms. The summed E-state index contributed by atoms with van der Waals surface area (Å²) < 4.78 is 5.44. The van der Waals surface area contributed by atoms with Crippen molar-refractivity contribution in [3.05, 3.63) is 12.2 Å². The number of hydrogen-bond acceptors (Lipinski definition) is 3. The first-order chi connectivity index (χ1) is 6.79. The number of nitrogens with zero attached hydrogens (tertiary/aromatic N) is 1. The molecule has 14 heavy (non-hydrogen) atoms. The van der Waals surface area contributed by atoms with E-state index in [9.17, 15) is 4.79 Å². The molecule has 0 aliphatic carbocycles. The van der Waals surface area contributed by atoms with Crippen molar-refractivity contribution in [2.75, 3.05) is 26.2 Å². The molecule has 4 nitrogen and oxygen atoms in total. The molecule has 0 aromatic carbocycles. The Hall–Kier alpha value is -0.870. The number of ether oxygens (including phenoxy) is 1. The summed E-state index contributed by atoms with van der Waals surface area (Å²) in [5.41, 5.74) is 0. The van der Waals surface area contributed by atoms with Gasteiger partial charge in [0, 0.05) is 19.6 Å². The Morgan fingerprint density at radius 3 is 2.86 bits per heavy atom. The van der Waals surface area contributed by atoms with Crippen LogP contribution in [0.1, 0.15) is 6.92 Å². The predicted octanol–water partition coefficient (Wildman–Crippen LogP) is -0.238. The first kappa shape index (κ1) is 9.68. The maximum atomic E-state index is 12.0. The van der Waals surface area contributed by atoms with Gasteiger partial charge in [-0.3, -0.25) is 4.79 Å². The lowest BCUT2D eigenvalue weighted by Gasteiger charge is -2.32. The smallest absolute Gasteiger partial charge is 0.242 e. The molecule has 1 amide bonds. The molecule has 2 aliphatic rings. The standard InChI is InChI=1S/C10H16N2O2/c1-8-9(11-4-7-14-8)10(13)12-5-2-3-6-12/h2-3,8-9,11H,4-7H2,1H3. The Balaban J connectivity index is 1.95. The predicted molar refractivity (Wildman–Crippen MR) is 52.9 cm³/mol. The van der Waals surface area contributed by atoms with Crippen molar-refractivity contribution in [3.8, 4) is 0 Å². The number of carbonyl (C=O) groups excluding carboxylic acids is 1. The number of nitrogens with one attached hydrogen (secondary N) is 1. The first-order valence-corrected chi connectivity index (χ1v) is 5.08. The van der Waals surface area contributed by atoms with Gasteiger partial charge in [0.2, 0.25) is 5.91 Å². The van der Waals surface area contributed by atoms with Crippen LogP contribution in [-0.2, 0) is 9.53 Å². The highest BCUT2D eigenvalue weighted by molar-refractivity contribution is 5.83. The molecule has 1 N–H and O–H groups in total. The second kappa shape index (κ2) is 4.11. The summed E-state index contributed by atoms with van der Waals surface area (Å²) in [6, 6.07) is -0.163. The van der Waals surface area contributed by atoms with E-state index in [4.69, 9.17) is 4.74 Å². The second-order valence-corrected chi connectivity index (χ2v) is 3.72. The van der Waals surface area contributed by atoms with E-state index in [1.54, 1.807) is 0 Å². The molecule has 1 fully saturated rings. The molecule has 2 heterocycles. The fourth-order valence-corrected chi connectivity index (χ4v) is 1.86. The second-order valence-electron chi connectivity index (χ2n) is 3.72. The minimum absolute atomic E-state index is 0.0168. The maximum absolute atomic E-state index is 12.0. The maximum Gasteiger partial charge on any atom is 0.242 e. The van der Waals surface area contributed by atoms with Gasteiger partial charge in [-0.25, -0.2) is 0 Å². The van der Waals surface area contributed by atoms with Crippen LogP contribution in [0.3, 0.4) is 0 Å². The van der Waals surface area contributed by atoms with E-state index in [2.05, 4.69) is 5.32 Å². The van der Waals surface area contributed by atoms with Gasteiger partial charge in [0.1, 0.15) is 6.04 Å². The molecule has 2 rings (SSSR count). The molecular formula is C10H16N2O2. The highest BCUT2D eigenvalue weighted by Crippen LogP contribution is 2.09. The summed E-state index contributed by atoms with van der Waals surface area (Å²) in [6.45, 7) is 4.89. The van der Waals surface area contributed by atoms with Crippen molar-refractivity contribution >= 4 is 5.91 Å². The highest BCUT2D eigenvalue weighted by atomic mass is 16.5. The Bertz CT molecular complexity index is 245. The van der Waals surface area contributed by atoms with Crippen LogP contribution < -0.4 is 5.32 Å². The summed E-state index contributed by atoms with van der Waals surface area (Å²) in [7, 11) is 0. The Kier molecular flexibility index (Phi) is 2.84. The van der Waals surface area contributed by atoms with Crippen LogP contribution in [0.25, 0.3) is 0 Å². The topological polar surface area (TPSA) is 41.6 Å². The number of amides is 1. The molecule has 0 aromatic heterocycles. The first-order valence-electron chi connectivity index (χ1n) is 5.08. The lowest BCUT2D eigenvalue weighted by atomic mass is 10.1. The molecule has 78 valence electrons. The summed E-state index contributed by atoms with van der Waals surface area (Å²) in [5, 5.41) is 3.20. The van der Waals surface area contributed by atoms with Crippen molar-refractivity contribution in [1.82, 2.24) is 10.2 Å². The third kappa shape index (κ3) is 1.81. The van der Waals surface area contributed by atoms with E-state index in [1.165, 1.54) is 0 Å². The van der Waals surface area contributed by atoms with Crippen molar-refractivity contribution in [2.45, 2.75) is 19.1 Å². The van der Waals surface area contributed by atoms with Gasteiger partial charge >= 0.3 is 0 Å². The number of morpholine rings is 1. The molecule has 4 heteroatoms. The van der Waals surface area contributed by atoms with Gasteiger partial charge in [0.05, 0.1) is 12.7 Å². The quantitative estimate of drug-likeness (QED) is 0.589. The molecule has 0 radical (unpaired) electrons. The fourth-order valence-electron chi connectivity index (χ4n) is 1.86.